The third-order valence-corrected chi connectivity index (χ3v) is 4.48. The highest BCUT2D eigenvalue weighted by Gasteiger charge is 2.20. The third-order valence-electron chi connectivity index (χ3n) is 4.48. The summed E-state index contributed by atoms with van der Waals surface area (Å²) in [5.41, 5.74) is -0.104. The van der Waals surface area contributed by atoms with Crippen LogP contribution >= 0.6 is 0 Å². The first-order valence-electron chi connectivity index (χ1n) is 9.53. The molecule has 0 aliphatic carbocycles. The molecule has 2 rings (SSSR count). The van der Waals surface area contributed by atoms with Crippen molar-refractivity contribution in [3.8, 4) is 17.2 Å². The monoisotopic (exact) mass is 362 g/mol. The van der Waals surface area contributed by atoms with Crippen LogP contribution in [0.1, 0.15) is 58.3 Å². The van der Waals surface area contributed by atoms with E-state index in [1.165, 1.54) is 45.6 Å². The molecule has 5 heteroatoms. The molecule has 0 saturated carbocycles. The average molecular weight is 362 g/mol. The quantitative estimate of drug-likeness (QED) is 0.377. The SMILES string of the molecule is CCCCCCCCCCOc1c(OC)c2c(OC)cccc2oc1=O. The van der Waals surface area contributed by atoms with Gasteiger partial charge in [-0.3, -0.25) is 0 Å². The Morgan fingerprint density at radius 2 is 1.58 bits per heavy atom. The fraction of sp³-hybridized carbons (Fsp3) is 0.571. The molecule has 0 bridgehead atoms. The molecule has 0 amide bonds. The molecule has 26 heavy (non-hydrogen) atoms. The molecule has 1 heterocycles. The minimum absolute atomic E-state index is 0.118. The van der Waals surface area contributed by atoms with Crippen molar-refractivity contribution in [1.29, 1.82) is 0 Å². The van der Waals surface area contributed by atoms with Gasteiger partial charge in [0.2, 0.25) is 5.75 Å². The topological polar surface area (TPSA) is 57.9 Å². The largest absolute Gasteiger partial charge is 0.496 e. The second-order valence-electron chi connectivity index (χ2n) is 6.41. The van der Waals surface area contributed by atoms with Gasteiger partial charge in [0.15, 0.2) is 5.75 Å². The first-order chi connectivity index (χ1) is 12.7. The zero-order valence-electron chi connectivity index (χ0n) is 16.1. The lowest BCUT2D eigenvalue weighted by molar-refractivity contribution is 0.271. The molecule has 5 nitrogen and oxygen atoms in total. The van der Waals surface area contributed by atoms with Crippen molar-refractivity contribution in [1.82, 2.24) is 0 Å². The van der Waals surface area contributed by atoms with Gasteiger partial charge < -0.3 is 18.6 Å². The maximum atomic E-state index is 12.3. The van der Waals surface area contributed by atoms with Crippen molar-refractivity contribution in [2.24, 2.45) is 0 Å². The van der Waals surface area contributed by atoms with Crippen LogP contribution in [0, 0.1) is 0 Å². The number of benzene rings is 1. The minimum atomic E-state index is -0.526. The molecule has 0 atom stereocenters. The number of fused-ring (bicyclic) bond motifs is 1. The van der Waals surface area contributed by atoms with Gasteiger partial charge in [-0.05, 0) is 18.6 Å². The number of hydrogen-bond donors (Lipinski definition) is 0. The first-order valence-corrected chi connectivity index (χ1v) is 9.53. The highest BCUT2D eigenvalue weighted by molar-refractivity contribution is 5.91. The standard InChI is InChI=1S/C21H30O5/c1-4-5-6-7-8-9-10-11-15-25-20-19(24-3)18-16(23-2)13-12-14-17(18)26-21(20)22/h12-14H,4-11,15H2,1-3H3. The molecule has 0 aliphatic rings. The van der Waals surface area contributed by atoms with Gasteiger partial charge in [0.25, 0.3) is 0 Å². The predicted molar refractivity (Wildman–Crippen MR) is 104 cm³/mol. The Morgan fingerprint density at radius 3 is 2.23 bits per heavy atom. The molecule has 0 aliphatic heterocycles. The molecule has 144 valence electrons. The Bertz CT molecular complexity index is 735. The summed E-state index contributed by atoms with van der Waals surface area (Å²) in [6, 6.07) is 5.28. The molecule has 0 saturated heterocycles. The second-order valence-corrected chi connectivity index (χ2v) is 6.41. The van der Waals surface area contributed by atoms with E-state index in [9.17, 15) is 4.79 Å². The van der Waals surface area contributed by atoms with E-state index in [1.54, 1.807) is 25.3 Å². The van der Waals surface area contributed by atoms with Crippen LogP contribution in [0.5, 0.6) is 17.2 Å². The molecule has 0 radical (unpaired) electrons. The van der Waals surface area contributed by atoms with Crippen molar-refractivity contribution in [2.45, 2.75) is 58.3 Å². The number of rotatable bonds is 12. The Balaban J connectivity index is 1.97. The fourth-order valence-electron chi connectivity index (χ4n) is 3.07. The summed E-state index contributed by atoms with van der Waals surface area (Å²) in [6.45, 7) is 2.70. The molecular formula is C21H30O5. The zero-order chi connectivity index (χ0) is 18.8. The van der Waals surface area contributed by atoms with Crippen LogP contribution < -0.4 is 19.8 Å². The maximum Gasteiger partial charge on any atom is 0.383 e. The number of methoxy groups -OCH3 is 2. The summed E-state index contributed by atoms with van der Waals surface area (Å²) in [7, 11) is 3.09. The lowest BCUT2D eigenvalue weighted by atomic mass is 10.1. The van der Waals surface area contributed by atoms with Crippen LogP contribution in [0.4, 0.5) is 0 Å². The van der Waals surface area contributed by atoms with Crippen LogP contribution in [0.25, 0.3) is 11.0 Å². The Morgan fingerprint density at radius 1 is 0.885 bits per heavy atom. The molecule has 1 aromatic heterocycles. The molecule has 0 spiro atoms. The highest BCUT2D eigenvalue weighted by Crippen LogP contribution is 2.38. The van der Waals surface area contributed by atoms with Crippen LogP contribution in [0.15, 0.2) is 27.4 Å². The lowest BCUT2D eigenvalue weighted by Crippen LogP contribution is -2.10. The zero-order valence-corrected chi connectivity index (χ0v) is 16.1. The van der Waals surface area contributed by atoms with E-state index in [2.05, 4.69) is 6.92 Å². The molecule has 0 fully saturated rings. The highest BCUT2D eigenvalue weighted by atomic mass is 16.5. The first kappa shape index (κ1) is 20.1. The van der Waals surface area contributed by atoms with E-state index in [0.717, 1.165) is 12.8 Å². The summed E-state index contributed by atoms with van der Waals surface area (Å²) in [5.74, 6) is 1.07. The molecule has 2 aromatic rings. The summed E-state index contributed by atoms with van der Waals surface area (Å²) in [5, 5.41) is 0.614. The van der Waals surface area contributed by atoms with Gasteiger partial charge in [0, 0.05) is 0 Å². The summed E-state index contributed by atoms with van der Waals surface area (Å²) >= 11 is 0. The Kier molecular flexibility index (Phi) is 8.32. The molecular weight excluding hydrogens is 332 g/mol. The normalized spacial score (nSPS) is 10.9. The van der Waals surface area contributed by atoms with Gasteiger partial charge in [-0.1, -0.05) is 57.9 Å². The van der Waals surface area contributed by atoms with E-state index in [4.69, 9.17) is 18.6 Å². The smallest absolute Gasteiger partial charge is 0.383 e. The van der Waals surface area contributed by atoms with Crippen molar-refractivity contribution in [3.63, 3.8) is 0 Å². The van der Waals surface area contributed by atoms with Crippen molar-refractivity contribution < 1.29 is 18.6 Å². The van der Waals surface area contributed by atoms with E-state index in [1.807, 2.05) is 0 Å². The molecule has 0 unspecified atom stereocenters. The number of unbranched alkanes of at least 4 members (excludes halogenated alkanes) is 7. The van der Waals surface area contributed by atoms with E-state index >= 15 is 0 Å². The Hall–Kier alpha value is -2.17. The number of hydrogen-bond acceptors (Lipinski definition) is 5. The van der Waals surface area contributed by atoms with Gasteiger partial charge in [-0.2, -0.15) is 0 Å². The second kappa shape index (κ2) is 10.7. The molecule has 1 aromatic carbocycles. The van der Waals surface area contributed by atoms with Crippen LogP contribution in [0.2, 0.25) is 0 Å². The van der Waals surface area contributed by atoms with Crippen molar-refractivity contribution in [2.75, 3.05) is 20.8 Å². The number of ether oxygens (including phenoxy) is 3. The van der Waals surface area contributed by atoms with E-state index in [0.29, 0.717) is 29.1 Å². The van der Waals surface area contributed by atoms with E-state index < -0.39 is 5.63 Å². The summed E-state index contributed by atoms with van der Waals surface area (Å²) in [4.78, 5) is 12.3. The Labute approximate surface area is 155 Å². The van der Waals surface area contributed by atoms with Gasteiger partial charge in [-0.25, -0.2) is 4.79 Å². The molecule has 0 N–H and O–H groups in total. The van der Waals surface area contributed by atoms with Crippen LogP contribution in [0.3, 0.4) is 0 Å². The van der Waals surface area contributed by atoms with Crippen molar-refractivity contribution in [3.05, 3.63) is 28.6 Å². The minimum Gasteiger partial charge on any atom is -0.496 e. The van der Waals surface area contributed by atoms with Crippen molar-refractivity contribution >= 4 is 11.0 Å². The van der Waals surface area contributed by atoms with Crippen LogP contribution in [-0.4, -0.2) is 20.8 Å². The predicted octanol–water partition coefficient (Wildman–Crippen LogP) is 5.33. The van der Waals surface area contributed by atoms with Gasteiger partial charge in [0.05, 0.1) is 20.8 Å². The maximum absolute atomic E-state index is 12.3. The summed E-state index contributed by atoms with van der Waals surface area (Å²) in [6.07, 6.45) is 9.68. The average Bonchev–Trinajstić information content (AvgIpc) is 2.66. The summed E-state index contributed by atoms with van der Waals surface area (Å²) < 4.78 is 21.9. The van der Waals surface area contributed by atoms with Crippen LogP contribution in [-0.2, 0) is 0 Å². The van der Waals surface area contributed by atoms with Gasteiger partial charge >= 0.3 is 5.63 Å². The lowest BCUT2D eigenvalue weighted by Gasteiger charge is -2.13. The van der Waals surface area contributed by atoms with E-state index in [-0.39, 0.29) is 5.75 Å². The van der Waals surface area contributed by atoms with Gasteiger partial charge in [-0.15, -0.1) is 0 Å². The third kappa shape index (κ3) is 5.16. The van der Waals surface area contributed by atoms with Gasteiger partial charge in [0.1, 0.15) is 16.7 Å². The fourth-order valence-corrected chi connectivity index (χ4v) is 3.07.